The van der Waals surface area contributed by atoms with Crippen molar-refractivity contribution in [2.75, 3.05) is 44.7 Å². The molecule has 2 aromatic carbocycles. The smallest absolute Gasteiger partial charge is 0.277 e. The van der Waals surface area contributed by atoms with Crippen molar-refractivity contribution in [3.05, 3.63) is 58.6 Å². The molecule has 146 valence electrons. The number of carbonyl (C=O) groups excluding carboxylic acids is 1. The summed E-state index contributed by atoms with van der Waals surface area (Å²) in [7, 11) is 2.06. The quantitative estimate of drug-likeness (QED) is 0.695. The van der Waals surface area contributed by atoms with Crippen LogP contribution in [0.15, 0.2) is 48.5 Å². The number of piperazine rings is 1. The Morgan fingerprint density at radius 1 is 1.14 bits per heavy atom. The van der Waals surface area contributed by atoms with Crippen molar-refractivity contribution in [1.82, 2.24) is 9.88 Å². The molecule has 1 aromatic heterocycles. The van der Waals surface area contributed by atoms with Gasteiger partial charge in [-0.05, 0) is 30.3 Å². The second-order valence-electron chi connectivity index (χ2n) is 7.23. The van der Waals surface area contributed by atoms with E-state index >= 15 is 0 Å². The summed E-state index contributed by atoms with van der Waals surface area (Å²) in [6, 6.07) is 16.1. The highest BCUT2D eigenvalue weighted by atomic mass is 35.5. The van der Waals surface area contributed by atoms with Gasteiger partial charge in [0.25, 0.3) is 5.91 Å². The van der Waals surface area contributed by atoms with Gasteiger partial charge >= 0.3 is 0 Å². The molecule has 1 atom stereocenters. The molecule has 0 radical (unpaired) electrons. The molecule has 7 heteroatoms. The molecule has 1 N–H and O–H groups in total. The number of hydrogen-bond acceptors (Lipinski definition) is 4. The fourth-order valence-corrected chi connectivity index (χ4v) is 4.84. The average Bonchev–Trinajstić information content (AvgIpc) is 3.10. The van der Waals surface area contributed by atoms with Crippen LogP contribution in [-0.4, -0.2) is 55.6 Å². The largest absolute Gasteiger partial charge is 0.368 e. The van der Waals surface area contributed by atoms with Crippen LogP contribution in [0.2, 0.25) is 5.02 Å². The number of carbonyl (C=O) groups is 1. The van der Waals surface area contributed by atoms with E-state index in [9.17, 15) is 4.79 Å². The fourth-order valence-electron chi connectivity index (χ4n) is 3.57. The van der Waals surface area contributed by atoms with Gasteiger partial charge in [-0.15, -0.1) is 11.3 Å². The molecule has 1 saturated heterocycles. The van der Waals surface area contributed by atoms with Crippen LogP contribution < -0.4 is 9.80 Å². The third kappa shape index (κ3) is 4.46. The number of rotatable bonds is 5. The molecule has 0 saturated carbocycles. The number of nitrogens with zero attached hydrogens (tertiary/aromatic N) is 3. The number of anilines is 1. The van der Waals surface area contributed by atoms with Crippen molar-refractivity contribution in [1.29, 1.82) is 0 Å². The Bertz CT molecular complexity index is 935. The molecule has 1 amide bonds. The summed E-state index contributed by atoms with van der Waals surface area (Å²) in [6.45, 7) is 4.44. The van der Waals surface area contributed by atoms with E-state index in [1.54, 1.807) is 11.3 Å². The minimum Gasteiger partial charge on any atom is -0.368 e. The summed E-state index contributed by atoms with van der Waals surface area (Å²) < 4.78 is 1.20. The lowest BCUT2D eigenvalue weighted by Gasteiger charge is -2.36. The molecular formula is C21H24ClN4OS+. The first-order valence-corrected chi connectivity index (χ1v) is 10.7. The number of thiazole rings is 1. The lowest BCUT2D eigenvalue weighted by atomic mass is 10.2. The molecule has 2 heterocycles. The van der Waals surface area contributed by atoms with Crippen LogP contribution >= 0.6 is 22.9 Å². The summed E-state index contributed by atoms with van der Waals surface area (Å²) in [5.74, 6) is 0.212. The van der Waals surface area contributed by atoms with Crippen molar-refractivity contribution in [3.8, 4) is 0 Å². The van der Waals surface area contributed by atoms with Crippen molar-refractivity contribution in [3.63, 3.8) is 0 Å². The van der Waals surface area contributed by atoms with Crippen LogP contribution in [0.1, 0.15) is 5.01 Å². The molecule has 4 rings (SSSR count). The van der Waals surface area contributed by atoms with Gasteiger partial charge in [0.1, 0.15) is 11.6 Å². The molecule has 0 spiro atoms. The molecule has 3 aromatic rings. The Kier molecular flexibility index (Phi) is 5.80. The maximum Gasteiger partial charge on any atom is 0.277 e. The minimum absolute atomic E-state index is 0.212. The maximum absolute atomic E-state index is 12.7. The van der Waals surface area contributed by atoms with Gasteiger partial charge in [-0.3, -0.25) is 4.79 Å². The van der Waals surface area contributed by atoms with E-state index in [4.69, 9.17) is 11.6 Å². The van der Waals surface area contributed by atoms with Gasteiger partial charge in [0.2, 0.25) is 0 Å². The van der Waals surface area contributed by atoms with Crippen LogP contribution in [0.25, 0.3) is 10.2 Å². The van der Waals surface area contributed by atoms with E-state index in [1.165, 1.54) is 9.60 Å². The van der Waals surface area contributed by atoms with Crippen LogP contribution in [0.5, 0.6) is 0 Å². The summed E-state index contributed by atoms with van der Waals surface area (Å²) in [5, 5.41) is 1.83. The Morgan fingerprint density at radius 2 is 1.93 bits per heavy atom. The number of quaternary nitrogens is 1. The molecule has 5 nitrogen and oxygen atoms in total. The van der Waals surface area contributed by atoms with E-state index in [1.807, 2.05) is 41.3 Å². The predicted octanol–water partition coefficient (Wildman–Crippen LogP) is 2.31. The zero-order chi connectivity index (χ0) is 19.5. The zero-order valence-corrected chi connectivity index (χ0v) is 17.5. The van der Waals surface area contributed by atoms with E-state index in [0.29, 0.717) is 6.54 Å². The average molecular weight is 416 g/mol. The van der Waals surface area contributed by atoms with E-state index in [-0.39, 0.29) is 5.91 Å². The highest BCUT2D eigenvalue weighted by molar-refractivity contribution is 7.18. The monoisotopic (exact) mass is 415 g/mol. The minimum atomic E-state index is 0.212. The second-order valence-corrected chi connectivity index (χ2v) is 8.79. The Hall–Kier alpha value is -2.15. The summed E-state index contributed by atoms with van der Waals surface area (Å²) >= 11 is 7.81. The molecule has 1 unspecified atom stereocenters. The zero-order valence-electron chi connectivity index (χ0n) is 15.9. The third-order valence-corrected chi connectivity index (χ3v) is 6.32. The third-order valence-electron chi connectivity index (χ3n) is 5.05. The van der Waals surface area contributed by atoms with Crippen molar-refractivity contribution >= 4 is 44.7 Å². The number of nitrogens with one attached hydrogen (secondary N) is 1. The van der Waals surface area contributed by atoms with Gasteiger partial charge < -0.3 is 14.7 Å². The van der Waals surface area contributed by atoms with Crippen LogP contribution in [0.3, 0.4) is 0 Å². The van der Waals surface area contributed by atoms with Gasteiger partial charge in [0.05, 0.1) is 17.3 Å². The van der Waals surface area contributed by atoms with Crippen LogP contribution in [-0.2, 0) is 11.3 Å². The molecular weight excluding hydrogens is 392 g/mol. The fraction of sp³-hybridized carbons (Fsp3) is 0.333. The number of halogens is 1. The number of aromatic nitrogens is 1. The van der Waals surface area contributed by atoms with Gasteiger partial charge in [-0.25, -0.2) is 4.98 Å². The molecule has 0 aliphatic carbocycles. The number of hydrogen-bond donors (Lipinski definition) is 1. The first kappa shape index (κ1) is 19.2. The summed E-state index contributed by atoms with van der Waals surface area (Å²) in [5.41, 5.74) is 2.16. The SMILES string of the molecule is C[NH+](CC(=O)N1CCN(c2cccc(Cl)c2)CC1)Cc1nc2ccccc2s1. The van der Waals surface area contributed by atoms with Crippen molar-refractivity contribution in [2.45, 2.75) is 6.54 Å². The first-order valence-electron chi connectivity index (χ1n) is 9.52. The van der Waals surface area contributed by atoms with Crippen LogP contribution in [0, 0.1) is 0 Å². The molecule has 1 aliphatic rings. The van der Waals surface area contributed by atoms with Gasteiger partial charge in [0.15, 0.2) is 6.54 Å². The maximum atomic E-state index is 12.7. The van der Waals surface area contributed by atoms with Crippen molar-refractivity contribution in [2.24, 2.45) is 0 Å². The van der Waals surface area contributed by atoms with E-state index < -0.39 is 0 Å². The number of likely N-dealkylation sites (N-methyl/N-ethyl adjacent to an activating group) is 1. The topological polar surface area (TPSA) is 40.9 Å². The number of benzene rings is 2. The second kappa shape index (κ2) is 8.47. The molecule has 28 heavy (non-hydrogen) atoms. The molecule has 0 bridgehead atoms. The van der Waals surface area contributed by atoms with Gasteiger partial charge in [-0.2, -0.15) is 0 Å². The van der Waals surface area contributed by atoms with Crippen molar-refractivity contribution < 1.29 is 9.69 Å². The predicted molar refractivity (Wildman–Crippen MR) is 115 cm³/mol. The highest BCUT2D eigenvalue weighted by Crippen LogP contribution is 2.21. The summed E-state index contributed by atoms with van der Waals surface area (Å²) in [6.07, 6.45) is 0. The lowest BCUT2D eigenvalue weighted by Crippen LogP contribution is -3.09. The van der Waals surface area contributed by atoms with Crippen LogP contribution in [0.4, 0.5) is 5.69 Å². The number of para-hydroxylation sites is 1. The Balaban J connectivity index is 1.29. The first-order chi connectivity index (χ1) is 13.6. The highest BCUT2D eigenvalue weighted by Gasteiger charge is 2.24. The van der Waals surface area contributed by atoms with Gasteiger partial charge in [0, 0.05) is 36.9 Å². The van der Waals surface area contributed by atoms with E-state index in [0.717, 1.165) is 54.0 Å². The Labute approximate surface area is 174 Å². The molecule has 1 aliphatic heterocycles. The summed E-state index contributed by atoms with van der Waals surface area (Å²) in [4.78, 5) is 22.8. The number of amides is 1. The molecule has 1 fully saturated rings. The Morgan fingerprint density at radius 3 is 2.68 bits per heavy atom. The number of fused-ring (bicyclic) bond motifs is 1. The van der Waals surface area contributed by atoms with E-state index in [2.05, 4.69) is 29.1 Å². The van der Waals surface area contributed by atoms with Gasteiger partial charge in [-0.1, -0.05) is 29.8 Å². The lowest BCUT2D eigenvalue weighted by molar-refractivity contribution is -0.885. The normalized spacial score (nSPS) is 15.8. The standard InChI is InChI=1S/C21H23ClN4OS/c1-24(14-20-23-18-7-2-3-8-19(18)28-20)15-21(27)26-11-9-25(10-12-26)17-6-4-5-16(22)13-17/h2-8,13H,9-12,14-15H2,1H3/p+1.